The van der Waals surface area contributed by atoms with E-state index < -0.39 is 0 Å². The third-order valence-electron chi connectivity index (χ3n) is 4.44. The van der Waals surface area contributed by atoms with Crippen LogP contribution in [-0.2, 0) is 6.42 Å². The van der Waals surface area contributed by atoms with Crippen molar-refractivity contribution in [3.63, 3.8) is 0 Å². The summed E-state index contributed by atoms with van der Waals surface area (Å²) in [6.45, 7) is 0. The smallest absolute Gasteiger partial charge is 0.255 e. The highest BCUT2D eigenvalue weighted by molar-refractivity contribution is 9.10. The van der Waals surface area contributed by atoms with E-state index in [2.05, 4.69) is 31.2 Å². The van der Waals surface area contributed by atoms with Gasteiger partial charge in [-0.15, -0.1) is 0 Å². The Morgan fingerprint density at radius 3 is 2.61 bits per heavy atom. The van der Waals surface area contributed by atoms with Gasteiger partial charge in [0.15, 0.2) is 0 Å². The minimum atomic E-state index is -0.173. The van der Waals surface area contributed by atoms with Crippen molar-refractivity contribution < 1.29 is 9.53 Å². The number of aromatic nitrogens is 2. The number of imidazole rings is 1. The molecule has 0 fully saturated rings. The molecule has 0 saturated carbocycles. The van der Waals surface area contributed by atoms with Crippen LogP contribution >= 0.6 is 15.9 Å². The lowest BCUT2D eigenvalue weighted by atomic mass is 10.1. The highest BCUT2D eigenvalue weighted by atomic mass is 79.9. The molecular weight excluding hydrogens is 418 g/mol. The molecular formula is C22H18BrN3O2. The van der Waals surface area contributed by atoms with Crippen molar-refractivity contribution in [3.8, 4) is 5.75 Å². The van der Waals surface area contributed by atoms with Gasteiger partial charge in [-0.05, 0) is 64.0 Å². The predicted octanol–water partition coefficient (Wildman–Crippen LogP) is 5.18. The SMILES string of the molecule is COc1ccc(C(=O)Nc2ccc(Cc3nc4ccccc4[nH]3)cc2)cc1Br. The maximum absolute atomic E-state index is 12.5. The molecule has 1 amide bonds. The number of aromatic amines is 1. The molecule has 0 atom stereocenters. The fourth-order valence-electron chi connectivity index (χ4n) is 3.00. The van der Waals surface area contributed by atoms with E-state index in [-0.39, 0.29) is 5.91 Å². The lowest BCUT2D eigenvalue weighted by molar-refractivity contribution is 0.102. The van der Waals surface area contributed by atoms with Gasteiger partial charge in [0.05, 0.1) is 22.6 Å². The molecule has 140 valence electrons. The van der Waals surface area contributed by atoms with Crippen LogP contribution in [0.4, 0.5) is 5.69 Å². The largest absolute Gasteiger partial charge is 0.496 e. The Kier molecular flexibility index (Phi) is 5.12. The second-order valence-electron chi connectivity index (χ2n) is 6.38. The fraction of sp³-hybridized carbons (Fsp3) is 0.0909. The summed E-state index contributed by atoms with van der Waals surface area (Å²) in [7, 11) is 1.59. The van der Waals surface area contributed by atoms with Gasteiger partial charge in [-0.2, -0.15) is 0 Å². The molecule has 0 aliphatic carbocycles. The lowest BCUT2D eigenvalue weighted by Gasteiger charge is -2.08. The number of nitrogens with zero attached hydrogens (tertiary/aromatic N) is 1. The van der Waals surface area contributed by atoms with Crippen molar-refractivity contribution in [2.75, 3.05) is 12.4 Å². The number of carbonyl (C=O) groups excluding carboxylic acids is 1. The number of hydrogen-bond acceptors (Lipinski definition) is 3. The van der Waals surface area contributed by atoms with Crippen molar-refractivity contribution in [1.82, 2.24) is 9.97 Å². The zero-order valence-corrected chi connectivity index (χ0v) is 16.8. The molecule has 2 N–H and O–H groups in total. The molecule has 1 aromatic heterocycles. The van der Waals surface area contributed by atoms with Gasteiger partial charge in [-0.3, -0.25) is 4.79 Å². The number of methoxy groups -OCH3 is 1. The van der Waals surface area contributed by atoms with Crippen molar-refractivity contribution in [3.05, 3.63) is 88.2 Å². The van der Waals surface area contributed by atoms with E-state index >= 15 is 0 Å². The second-order valence-corrected chi connectivity index (χ2v) is 7.23. The number of hydrogen-bond donors (Lipinski definition) is 2. The van der Waals surface area contributed by atoms with Crippen LogP contribution in [0.15, 0.2) is 71.2 Å². The molecule has 1 heterocycles. The normalized spacial score (nSPS) is 10.8. The molecule has 0 aliphatic heterocycles. The zero-order valence-electron chi connectivity index (χ0n) is 15.2. The first-order valence-electron chi connectivity index (χ1n) is 8.80. The number of para-hydroxylation sites is 2. The van der Waals surface area contributed by atoms with Gasteiger partial charge in [-0.1, -0.05) is 24.3 Å². The first-order chi connectivity index (χ1) is 13.6. The number of halogens is 1. The summed E-state index contributed by atoms with van der Waals surface area (Å²) in [5.41, 5.74) is 4.41. The number of amides is 1. The molecule has 6 heteroatoms. The maximum Gasteiger partial charge on any atom is 0.255 e. The first-order valence-corrected chi connectivity index (χ1v) is 9.59. The molecule has 0 unspecified atom stereocenters. The molecule has 0 radical (unpaired) electrons. The summed E-state index contributed by atoms with van der Waals surface area (Å²) in [5.74, 6) is 1.43. The zero-order chi connectivity index (χ0) is 19.5. The number of ether oxygens (including phenoxy) is 1. The Bertz CT molecular complexity index is 1100. The lowest BCUT2D eigenvalue weighted by Crippen LogP contribution is -2.12. The fourth-order valence-corrected chi connectivity index (χ4v) is 3.54. The third-order valence-corrected chi connectivity index (χ3v) is 5.06. The summed E-state index contributed by atoms with van der Waals surface area (Å²) in [6, 6.07) is 21.0. The molecule has 0 saturated heterocycles. The molecule has 0 aliphatic rings. The van der Waals surface area contributed by atoms with Gasteiger partial charge >= 0.3 is 0 Å². The molecule has 0 spiro atoms. The topological polar surface area (TPSA) is 67.0 Å². The maximum atomic E-state index is 12.5. The first kappa shape index (κ1) is 18.3. The van der Waals surface area contributed by atoms with Gasteiger partial charge in [0, 0.05) is 17.7 Å². The van der Waals surface area contributed by atoms with E-state index in [0.717, 1.165) is 32.6 Å². The summed E-state index contributed by atoms with van der Waals surface area (Å²) < 4.78 is 5.93. The van der Waals surface area contributed by atoms with Crippen molar-refractivity contribution in [2.24, 2.45) is 0 Å². The van der Waals surface area contributed by atoms with Gasteiger partial charge < -0.3 is 15.0 Å². The Hall–Kier alpha value is -3.12. The van der Waals surface area contributed by atoms with Crippen LogP contribution in [0.1, 0.15) is 21.7 Å². The quantitative estimate of drug-likeness (QED) is 0.453. The second kappa shape index (κ2) is 7.86. The summed E-state index contributed by atoms with van der Waals surface area (Å²) in [6.07, 6.45) is 0.703. The average Bonchev–Trinajstić information content (AvgIpc) is 3.11. The highest BCUT2D eigenvalue weighted by Crippen LogP contribution is 2.26. The number of benzene rings is 3. The molecule has 28 heavy (non-hydrogen) atoms. The minimum absolute atomic E-state index is 0.173. The Balaban J connectivity index is 1.44. The van der Waals surface area contributed by atoms with Crippen LogP contribution in [0.5, 0.6) is 5.75 Å². The highest BCUT2D eigenvalue weighted by Gasteiger charge is 2.10. The van der Waals surface area contributed by atoms with Crippen LogP contribution in [0.3, 0.4) is 0 Å². The van der Waals surface area contributed by atoms with E-state index in [1.807, 2.05) is 48.5 Å². The molecule has 4 rings (SSSR count). The molecule has 3 aromatic carbocycles. The summed E-state index contributed by atoms with van der Waals surface area (Å²) in [4.78, 5) is 20.4. The van der Waals surface area contributed by atoms with Crippen molar-refractivity contribution in [2.45, 2.75) is 6.42 Å². The predicted molar refractivity (Wildman–Crippen MR) is 114 cm³/mol. The summed E-state index contributed by atoms with van der Waals surface area (Å²) in [5, 5.41) is 2.91. The number of rotatable bonds is 5. The van der Waals surface area contributed by atoms with E-state index in [1.165, 1.54) is 0 Å². The van der Waals surface area contributed by atoms with Crippen LogP contribution in [0.25, 0.3) is 11.0 Å². The van der Waals surface area contributed by atoms with Gasteiger partial charge in [0.2, 0.25) is 0 Å². The number of fused-ring (bicyclic) bond motifs is 1. The number of H-pyrrole nitrogens is 1. The van der Waals surface area contributed by atoms with Crippen LogP contribution in [0.2, 0.25) is 0 Å². The Morgan fingerprint density at radius 2 is 1.89 bits per heavy atom. The van der Waals surface area contributed by atoms with E-state index in [1.54, 1.807) is 25.3 Å². The molecule has 0 bridgehead atoms. The summed E-state index contributed by atoms with van der Waals surface area (Å²) >= 11 is 3.40. The Morgan fingerprint density at radius 1 is 1.11 bits per heavy atom. The number of carbonyl (C=O) groups is 1. The molecule has 4 aromatic rings. The number of anilines is 1. The third kappa shape index (κ3) is 3.92. The Labute approximate surface area is 170 Å². The van der Waals surface area contributed by atoms with Crippen LogP contribution in [0, 0.1) is 0 Å². The van der Waals surface area contributed by atoms with Gasteiger partial charge in [-0.25, -0.2) is 4.98 Å². The van der Waals surface area contributed by atoms with Crippen molar-refractivity contribution >= 4 is 38.6 Å². The van der Waals surface area contributed by atoms with E-state index in [4.69, 9.17) is 4.74 Å². The molecule has 5 nitrogen and oxygen atoms in total. The standard InChI is InChI=1S/C22H18BrN3O2/c1-28-20-11-8-15(13-17(20)23)22(27)24-16-9-6-14(7-10-16)12-21-25-18-4-2-3-5-19(18)26-21/h2-11,13H,12H2,1H3,(H,24,27)(H,25,26). The minimum Gasteiger partial charge on any atom is -0.496 e. The van der Waals surface area contributed by atoms with Crippen LogP contribution < -0.4 is 10.1 Å². The average molecular weight is 436 g/mol. The van der Waals surface area contributed by atoms with E-state index in [0.29, 0.717) is 17.7 Å². The monoisotopic (exact) mass is 435 g/mol. The van der Waals surface area contributed by atoms with E-state index in [9.17, 15) is 4.79 Å². The van der Waals surface area contributed by atoms with Crippen LogP contribution in [-0.4, -0.2) is 23.0 Å². The number of nitrogens with one attached hydrogen (secondary N) is 2. The van der Waals surface area contributed by atoms with Gasteiger partial charge in [0.1, 0.15) is 11.6 Å². The van der Waals surface area contributed by atoms with Crippen molar-refractivity contribution in [1.29, 1.82) is 0 Å². The van der Waals surface area contributed by atoms with Gasteiger partial charge in [0.25, 0.3) is 5.91 Å².